The number of hydrogen-bond donors (Lipinski definition) is 2. The van der Waals surface area contributed by atoms with E-state index in [0.717, 1.165) is 25.9 Å². The van der Waals surface area contributed by atoms with E-state index in [4.69, 9.17) is 11.3 Å². The average molecular weight is 182 g/mol. The van der Waals surface area contributed by atoms with Crippen molar-refractivity contribution in [3.63, 3.8) is 0 Å². The highest BCUT2D eigenvalue weighted by atomic mass is 16.6. The maximum absolute atomic E-state index is 11.3. The first-order valence-corrected chi connectivity index (χ1v) is 4.40. The van der Waals surface area contributed by atoms with Gasteiger partial charge in [-0.05, 0) is 25.9 Å². The quantitative estimate of drug-likeness (QED) is 0.357. The van der Waals surface area contributed by atoms with Gasteiger partial charge in [0.1, 0.15) is 6.61 Å². The Morgan fingerprint density at radius 3 is 2.92 bits per heavy atom. The predicted molar refractivity (Wildman–Crippen MR) is 48.5 cm³/mol. The van der Waals surface area contributed by atoms with Gasteiger partial charge in [-0.15, -0.1) is 6.42 Å². The van der Waals surface area contributed by atoms with Gasteiger partial charge in [0, 0.05) is 5.92 Å². The van der Waals surface area contributed by atoms with Crippen molar-refractivity contribution in [2.24, 2.45) is 5.92 Å². The van der Waals surface area contributed by atoms with Crippen LogP contribution in [0.25, 0.3) is 0 Å². The SMILES string of the molecule is C#CCONC(=O)C1CCNCC1. The number of amides is 1. The van der Waals surface area contributed by atoms with Crippen LogP contribution < -0.4 is 10.8 Å². The molecule has 0 unspecified atom stereocenters. The van der Waals surface area contributed by atoms with Gasteiger partial charge in [-0.3, -0.25) is 9.63 Å². The Kier molecular flexibility index (Phi) is 4.30. The molecule has 0 radical (unpaired) electrons. The summed E-state index contributed by atoms with van der Waals surface area (Å²) in [5, 5.41) is 3.18. The van der Waals surface area contributed by atoms with Gasteiger partial charge in [-0.25, -0.2) is 5.48 Å². The van der Waals surface area contributed by atoms with Crippen molar-refractivity contribution in [3.8, 4) is 12.3 Å². The Morgan fingerprint density at radius 1 is 1.62 bits per heavy atom. The molecule has 2 N–H and O–H groups in total. The number of piperidine rings is 1. The van der Waals surface area contributed by atoms with E-state index < -0.39 is 0 Å². The van der Waals surface area contributed by atoms with E-state index in [-0.39, 0.29) is 18.4 Å². The second-order valence-corrected chi connectivity index (χ2v) is 2.98. The molecule has 1 saturated heterocycles. The molecule has 1 rings (SSSR count). The highest BCUT2D eigenvalue weighted by Crippen LogP contribution is 2.10. The summed E-state index contributed by atoms with van der Waals surface area (Å²) in [6.07, 6.45) is 6.69. The molecule has 72 valence electrons. The molecule has 0 atom stereocenters. The molecule has 4 heteroatoms. The molecule has 0 aromatic rings. The van der Waals surface area contributed by atoms with Gasteiger partial charge in [0.15, 0.2) is 0 Å². The van der Waals surface area contributed by atoms with Crippen LogP contribution in [0.2, 0.25) is 0 Å². The van der Waals surface area contributed by atoms with Gasteiger partial charge in [0.2, 0.25) is 5.91 Å². The lowest BCUT2D eigenvalue weighted by atomic mass is 9.98. The first kappa shape index (κ1) is 10.0. The summed E-state index contributed by atoms with van der Waals surface area (Å²) in [6, 6.07) is 0. The smallest absolute Gasteiger partial charge is 0.246 e. The minimum atomic E-state index is -0.0586. The zero-order valence-corrected chi connectivity index (χ0v) is 7.51. The van der Waals surface area contributed by atoms with Crippen molar-refractivity contribution >= 4 is 5.91 Å². The zero-order valence-electron chi connectivity index (χ0n) is 7.51. The Labute approximate surface area is 78.0 Å². The van der Waals surface area contributed by atoms with E-state index in [1.165, 1.54) is 0 Å². The van der Waals surface area contributed by atoms with E-state index in [2.05, 4.69) is 16.7 Å². The molecular weight excluding hydrogens is 168 g/mol. The summed E-state index contributed by atoms with van der Waals surface area (Å²) in [6.45, 7) is 1.91. The summed E-state index contributed by atoms with van der Waals surface area (Å²) in [7, 11) is 0. The van der Waals surface area contributed by atoms with Crippen molar-refractivity contribution < 1.29 is 9.63 Å². The Bertz CT molecular complexity index is 204. The standard InChI is InChI=1S/C9H14N2O2/c1-2-7-13-11-9(12)8-3-5-10-6-4-8/h1,8,10H,3-7H2,(H,11,12). The minimum Gasteiger partial charge on any atom is -0.317 e. The van der Waals surface area contributed by atoms with Crippen LogP contribution in [0.3, 0.4) is 0 Å². The summed E-state index contributed by atoms with van der Waals surface area (Å²) in [5.74, 6) is 2.29. The zero-order chi connectivity index (χ0) is 9.52. The van der Waals surface area contributed by atoms with Crippen LogP contribution in [0.1, 0.15) is 12.8 Å². The third-order valence-corrected chi connectivity index (χ3v) is 2.04. The van der Waals surface area contributed by atoms with Crippen molar-refractivity contribution in [2.45, 2.75) is 12.8 Å². The Balaban J connectivity index is 2.18. The van der Waals surface area contributed by atoms with E-state index >= 15 is 0 Å². The van der Waals surface area contributed by atoms with E-state index in [1.807, 2.05) is 0 Å². The van der Waals surface area contributed by atoms with Crippen LogP contribution in [0.15, 0.2) is 0 Å². The van der Waals surface area contributed by atoms with Crippen molar-refractivity contribution in [1.29, 1.82) is 0 Å². The summed E-state index contributed by atoms with van der Waals surface area (Å²) >= 11 is 0. The van der Waals surface area contributed by atoms with Gasteiger partial charge in [0.25, 0.3) is 0 Å². The van der Waals surface area contributed by atoms with Crippen LogP contribution in [0, 0.1) is 18.3 Å². The van der Waals surface area contributed by atoms with E-state index in [0.29, 0.717) is 0 Å². The summed E-state index contributed by atoms with van der Waals surface area (Å²) in [5.41, 5.74) is 2.34. The van der Waals surface area contributed by atoms with E-state index in [9.17, 15) is 4.79 Å². The predicted octanol–water partition coefficient (Wildman–Crippen LogP) is -0.333. The first-order chi connectivity index (χ1) is 6.34. The van der Waals surface area contributed by atoms with Crippen LogP contribution in [-0.4, -0.2) is 25.6 Å². The lowest BCUT2D eigenvalue weighted by Gasteiger charge is -2.21. The second-order valence-electron chi connectivity index (χ2n) is 2.98. The summed E-state index contributed by atoms with van der Waals surface area (Å²) in [4.78, 5) is 16.1. The number of nitrogens with one attached hydrogen (secondary N) is 2. The van der Waals surface area contributed by atoms with Gasteiger partial charge in [-0.2, -0.15) is 0 Å². The van der Waals surface area contributed by atoms with Gasteiger partial charge in [0.05, 0.1) is 0 Å². The number of rotatable bonds is 3. The van der Waals surface area contributed by atoms with Gasteiger partial charge >= 0.3 is 0 Å². The number of hydroxylamine groups is 1. The van der Waals surface area contributed by atoms with Crippen molar-refractivity contribution in [2.75, 3.05) is 19.7 Å². The molecule has 1 heterocycles. The largest absolute Gasteiger partial charge is 0.317 e. The summed E-state index contributed by atoms with van der Waals surface area (Å²) < 4.78 is 0. The second kappa shape index (κ2) is 5.57. The minimum absolute atomic E-state index is 0.0586. The first-order valence-electron chi connectivity index (χ1n) is 4.40. The lowest BCUT2D eigenvalue weighted by molar-refractivity contribution is -0.137. The molecule has 1 amide bonds. The van der Waals surface area contributed by atoms with Gasteiger partial charge in [-0.1, -0.05) is 5.92 Å². The highest BCUT2D eigenvalue weighted by molar-refractivity contribution is 5.77. The molecule has 0 spiro atoms. The van der Waals surface area contributed by atoms with Gasteiger partial charge < -0.3 is 5.32 Å². The fourth-order valence-corrected chi connectivity index (χ4v) is 1.32. The van der Waals surface area contributed by atoms with E-state index in [1.54, 1.807) is 0 Å². The number of terminal acetylenes is 1. The molecule has 4 nitrogen and oxygen atoms in total. The van der Waals surface area contributed by atoms with Crippen LogP contribution in [0.4, 0.5) is 0 Å². The third-order valence-electron chi connectivity index (χ3n) is 2.04. The number of hydrogen-bond acceptors (Lipinski definition) is 3. The lowest BCUT2D eigenvalue weighted by Crippen LogP contribution is -2.38. The maximum Gasteiger partial charge on any atom is 0.246 e. The molecule has 1 aliphatic rings. The average Bonchev–Trinajstić information content (AvgIpc) is 2.19. The Hall–Kier alpha value is -1.05. The fraction of sp³-hybridized carbons (Fsp3) is 0.667. The molecule has 0 bridgehead atoms. The molecule has 0 saturated carbocycles. The molecule has 1 fully saturated rings. The molecule has 0 aliphatic carbocycles. The molecule has 13 heavy (non-hydrogen) atoms. The topological polar surface area (TPSA) is 50.4 Å². The number of carbonyl (C=O) groups excluding carboxylic acids is 1. The van der Waals surface area contributed by atoms with Crippen molar-refractivity contribution in [1.82, 2.24) is 10.8 Å². The van der Waals surface area contributed by atoms with Crippen molar-refractivity contribution in [3.05, 3.63) is 0 Å². The highest BCUT2D eigenvalue weighted by Gasteiger charge is 2.20. The molecule has 0 aromatic heterocycles. The van der Waals surface area contributed by atoms with Crippen LogP contribution >= 0.6 is 0 Å². The molecule has 0 aromatic carbocycles. The monoisotopic (exact) mass is 182 g/mol. The third kappa shape index (κ3) is 3.45. The van der Waals surface area contributed by atoms with Crippen LogP contribution in [-0.2, 0) is 9.63 Å². The normalized spacial score (nSPS) is 17.8. The molecule has 1 aliphatic heterocycles. The maximum atomic E-state index is 11.3. The molecular formula is C9H14N2O2. The number of carbonyl (C=O) groups is 1. The Morgan fingerprint density at radius 2 is 2.31 bits per heavy atom. The fourth-order valence-electron chi connectivity index (χ4n) is 1.32. The van der Waals surface area contributed by atoms with Crippen LogP contribution in [0.5, 0.6) is 0 Å².